The molecule has 2 rings (SSSR count). The van der Waals surface area contributed by atoms with Crippen LogP contribution in [0.4, 0.5) is 0 Å². The summed E-state index contributed by atoms with van der Waals surface area (Å²) in [4.78, 5) is 23.5. The molecule has 0 aromatic carbocycles. The van der Waals surface area contributed by atoms with Crippen molar-refractivity contribution >= 4 is 11.8 Å². The first-order chi connectivity index (χ1) is 11.0. The zero-order chi connectivity index (χ0) is 16.7. The maximum atomic E-state index is 11.8. The average Bonchev–Trinajstić information content (AvgIpc) is 3.09. The summed E-state index contributed by atoms with van der Waals surface area (Å²) in [5.41, 5.74) is -0.00971. The maximum absolute atomic E-state index is 11.8. The van der Waals surface area contributed by atoms with E-state index >= 15 is 0 Å². The van der Waals surface area contributed by atoms with Gasteiger partial charge in [-0.3, -0.25) is 9.59 Å². The Morgan fingerprint density at radius 1 is 1.30 bits per heavy atom. The highest BCUT2D eigenvalue weighted by Crippen LogP contribution is 2.20. The van der Waals surface area contributed by atoms with E-state index in [9.17, 15) is 14.7 Å². The summed E-state index contributed by atoms with van der Waals surface area (Å²) in [7, 11) is 0. The van der Waals surface area contributed by atoms with Crippen LogP contribution in [0.2, 0.25) is 0 Å². The van der Waals surface area contributed by atoms with Crippen molar-refractivity contribution < 1.29 is 19.1 Å². The first kappa shape index (κ1) is 17.3. The van der Waals surface area contributed by atoms with Crippen LogP contribution in [-0.2, 0) is 15.2 Å². The van der Waals surface area contributed by atoms with Gasteiger partial charge < -0.3 is 20.2 Å². The van der Waals surface area contributed by atoms with Crippen LogP contribution in [0.5, 0.6) is 0 Å². The van der Waals surface area contributed by atoms with Crippen LogP contribution in [0.15, 0.2) is 34.5 Å². The molecule has 1 aromatic rings. The van der Waals surface area contributed by atoms with E-state index in [1.807, 2.05) is 0 Å². The van der Waals surface area contributed by atoms with Crippen molar-refractivity contribution in [2.24, 2.45) is 0 Å². The molecule has 1 aromatic heterocycles. The number of amides is 2. The number of hydrogen-bond donors (Lipinski definition) is 3. The zero-order valence-electron chi connectivity index (χ0n) is 13.4. The van der Waals surface area contributed by atoms with Crippen molar-refractivity contribution in [1.82, 2.24) is 10.6 Å². The first-order valence-electron chi connectivity index (χ1n) is 7.99. The number of nitrogens with one attached hydrogen (secondary N) is 2. The molecule has 2 amide bonds. The van der Waals surface area contributed by atoms with Crippen LogP contribution >= 0.6 is 0 Å². The lowest BCUT2D eigenvalue weighted by Crippen LogP contribution is -2.45. The number of carbonyl (C=O) groups is 2. The van der Waals surface area contributed by atoms with E-state index in [4.69, 9.17) is 4.42 Å². The van der Waals surface area contributed by atoms with Gasteiger partial charge in [0.05, 0.1) is 12.8 Å². The van der Waals surface area contributed by atoms with Crippen molar-refractivity contribution in [3.8, 4) is 0 Å². The van der Waals surface area contributed by atoms with Crippen LogP contribution in [0, 0.1) is 0 Å². The van der Waals surface area contributed by atoms with E-state index in [1.54, 1.807) is 12.1 Å². The van der Waals surface area contributed by atoms with Crippen LogP contribution < -0.4 is 10.6 Å². The van der Waals surface area contributed by atoms with Crippen LogP contribution in [0.25, 0.3) is 0 Å². The third-order valence-electron chi connectivity index (χ3n) is 3.97. The second-order valence-corrected chi connectivity index (χ2v) is 6.05. The third-order valence-corrected chi connectivity index (χ3v) is 3.97. The summed E-state index contributed by atoms with van der Waals surface area (Å²) in [5.74, 6) is -1.10. The number of aliphatic hydroxyl groups is 1. The lowest BCUT2D eigenvalue weighted by molar-refractivity contribution is -0.139. The van der Waals surface area contributed by atoms with Crippen molar-refractivity contribution in [1.29, 1.82) is 0 Å². The molecule has 6 heteroatoms. The minimum absolute atomic E-state index is 0.0993. The Morgan fingerprint density at radius 3 is 2.74 bits per heavy atom. The Morgan fingerprint density at radius 2 is 2.09 bits per heavy atom. The summed E-state index contributed by atoms with van der Waals surface area (Å²) in [6.07, 6.45) is 9.05. The molecule has 1 atom stereocenters. The lowest BCUT2D eigenvalue weighted by atomic mass is 9.97. The fourth-order valence-corrected chi connectivity index (χ4v) is 2.55. The molecule has 0 bridgehead atoms. The van der Waals surface area contributed by atoms with Crippen molar-refractivity contribution in [2.75, 3.05) is 13.1 Å². The molecular formula is C17H24N2O4. The van der Waals surface area contributed by atoms with Crippen LogP contribution in [0.1, 0.15) is 44.8 Å². The van der Waals surface area contributed by atoms with Gasteiger partial charge in [-0.25, -0.2) is 0 Å². The monoisotopic (exact) mass is 320 g/mol. The van der Waals surface area contributed by atoms with Gasteiger partial charge >= 0.3 is 11.8 Å². The maximum Gasteiger partial charge on any atom is 0.309 e. The molecule has 0 saturated carbocycles. The van der Waals surface area contributed by atoms with Gasteiger partial charge in [-0.1, -0.05) is 11.6 Å². The van der Waals surface area contributed by atoms with Crippen molar-refractivity contribution in [2.45, 2.75) is 44.6 Å². The normalized spacial score (nSPS) is 17.0. The Balaban J connectivity index is 1.70. The molecule has 23 heavy (non-hydrogen) atoms. The minimum Gasteiger partial charge on any atom is -0.466 e. The van der Waals surface area contributed by atoms with E-state index in [1.165, 1.54) is 31.6 Å². The zero-order valence-corrected chi connectivity index (χ0v) is 13.4. The summed E-state index contributed by atoms with van der Waals surface area (Å²) >= 11 is 0. The van der Waals surface area contributed by atoms with Crippen molar-refractivity contribution in [3.05, 3.63) is 35.8 Å². The second kappa shape index (κ2) is 7.97. The van der Waals surface area contributed by atoms with E-state index in [0.29, 0.717) is 12.3 Å². The third kappa shape index (κ3) is 5.25. The molecule has 1 aliphatic rings. The van der Waals surface area contributed by atoms with E-state index in [-0.39, 0.29) is 6.54 Å². The minimum atomic E-state index is -1.35. The highest BCUT2D eigenvalue weighted by Gasteiger charge is 2.27. The Kier molecular flexibility index (Phi) is 5.98. The van der Waals surface area contributed by atoms with Gasteiger partial charge in [-0.15, -0.1) is 0 Å². The number of hydrogen-bond acceptors (Lipinski definition) is 4. The summed E-state index contributed by atoms with van der Waals surface area (Å²) < 4.78 is 5.12. The van der Waals surface area contributed by atoms with Gasteiger partial charge in [0.1, 0.15) is 11.4 Å². The lowest BCUT2D eigenvalue weighted by Gasteiger charge is -2.20. The molecule has 0 fully saturated rings. The van der Waals surface area contributed by atoms with Gasteiger partial charge in [0.2, 0.25) is 0 Å². The molecule has 0 spiro atoms. The Hall–Kier alpha value is -2.08. The van der Waals surface area contributed by atoms with Gasteiger partial charge in [0.15, 0.2) is 0 Å². The Labute approximate surface area is 135 Å². The second-order valence-electron chi connectivity index (χ2n) is 6.05. The summed E-state index contributed by atoms with van der Waals surface area (Å²) in [6.45, 7) is 1.87. The first-order valence-corrected chi connectivity index (χ1v) is 7.99. The van der Waals surface area contributed by atoms with Crippen molar-refractivity contribution in [3.63, 3.8) is 0 Å². The van der Waals surface area contributed by atoms with Gasteiger partial charge in [-0.2, -0.15) is 0 Å². The highest BCUT2D eigenvalue weighted by atomic mass is 16.4. The molecule has 0 radical (unpaired) electrons. The van der Waals surface area contributed by atoms with E-state index in [0.717, 1.165) is 19.3 Å². The van der Waals surface area contributed by atoms with E-state index in [2.05, 4.69) is 16.7 Å². The molecule has 0 aliphatic heterocycles. The summed E-state index contributed by atoms with van der Waals surface area (Å²) in [5, 5.41) is 15.2. The molecule has 6 nitrogen and oxygen atoms in total. The molecule has 126 valence electrons. The standard InChI is InChI=1S/C17H24N2O4/c1-17(22,14-8-5-11-23-14)12-19-16(21)15(20)18-10-9-13-6-3-2-4-7-13/h5-6,8,11,22H,2-4,7,9-10,12H2,1H3,(H,18,20)(H,19,21)/t17-/m0/s1. The molecule has 0 saturated heterocycles. The Bertz CT molecular complexity index is 561. The number of allylic oxidation sites excluding steroid dienone is 1. The van der Waals surface area contributed by atoms with Gasteiger partial charge in [-0.05, 0) is 51.2 Å². The van der Waals surface area contributed by atoms with Gasteiger partial charge in [0, 0.05) is 6.54 Å². The van der Waals surface area contributed by atoms with Crippen LogP contribution in [0.3, 0.4) is 0 Å². The molecule has 0 unspecified atom stereocenters. The molecular weight excluding hydrogens is 296 g/mol. The number of furan rings is 1. The molecule has 1 heterocycles. The smallest absolute Gasteiger partial charge is 0.309 e. The van der Waals surface area contributed by atoms with Gasteiger partial charge in [0.25, 0.3) is 0 Å². The largest absolute Gasteiger partial charge is 0.466 e. The molecule has 3 N–H and O–H groups in total. The SMILES string of the molecule is C[C@](O)(CNC(=O)C(=O)NCCC1=CCCCC1)c1ccco1. The average molecular weight is 320 g/mol. The fourth-order valence-electron chi connectivity index (χ4n) is 2.55. The predicted molar refractivity (Wildman–Crippen MR) is 85.5 cm³/mol. The topological polar surface area (TPSA) is 91.6 Å². The fraction of sp³-hybridized carbons (Fsp3) is 0.529. The van der Waals surface area contributed by atoms with Crippen LogP contribution in [-0.4, -0.2) is 30.0 Å². The highest BCUT2D eigenvalue weighted by molar-refractivity contribution is 6.35. The van der Waals surface area contributed by atoms with E-state index < -0.39 is 17.4 Å². The number of rotatable bonds is 6. The quantitative estimate of drug-likeness (QED) is 0.548. The number of carbonyl (C=O) groups excluding carboxylic acids is 2. The summed E-state index contributed by atoms with van der Waals surface area (Å²) in [6, 6.07) is 3.27. The molecule has 1 aliphatic carbocycles. The predicted octanol–water partition coefficient (Wildman–Crippen LogP) is 1.61.